The highest BCUT2D eigenvalue weighted by atomic mass is 35.5. The van der Waals surface area contributed by atoms with E-state index >= 15 is 0 Å². The van der Waals surface area contributed by atoms with E-state index in [1.165, 1.54) is 0 Å². The molecule has 0 bridgehead atoms. The maximum absolute atomic E-state index is 13.5. The van der Waals surface area contributed by atoms with Gasteiger partial charge in [-0.3, -0.25) is 10.1 Å². The van der Waals surface area contributed by atoms with Gasteiger partial charge in [0.15, 0.2) is 4.90 Å². The van der Waals surface area contributed by atoms with Gasteiger partial charge in [-0.1, -0.05) is 13.0 Å². The number of nitro benzene ring substituents is 1. The van der Waals surface area contributed by atoms with E-state index in [0.717, 1.165) is 18.2 Å². The lowest BCUT2D eigenvalue weighted by Crippen LogP contribution is -2.32. The molecule has 0 aliphatic carbocycles. The Hall–Kier alpha value is -1.29. The minimum Gasteiger partial charge on any atom is -0.316 e. The van der Waals surface area contributed by atoms with Crippen molar-refractivity contribution >= 4 is 28.1 Å². The van der Waals surface area contributed by atoms with Crippen LogP contribution in [-0.4, -0.2) is 33.0 Å². The molecule has 114 valence electrons. The number of nitro groups is 1. The van der Waals surface area contributed by atoms with E-state index in [4.69, 9.17) is 0 Å². The molecule has 20 heavy (non-hydrogen) atoms. The maximum Gasteiger partial charge on any atom is 0.292 e. The van der Waals surface area contributed by atoms with Crippen molar-refractivity contribution in [1.82, 2.24) is 10.0 Å². The van der Waals surface area contributed by atoms with Gasteiger partial charge >= 0.3 is 0 Å². The van der Waals surface area contributed by atoms with Gasteiger partial charge in [0.2, 0.25) is 10.0 Å². The molecule has 10 heteroatoms. The van der Waals surface area contributed by atoms with Crippen LogP contribution in [0.25, 0.3) is 0 Å². The Kier molecular flexibility index (Phi) is 7.58. The number of hydrogen-bond donors (Lipinski definition) is 2. The van der Waals surface area contributed by atoms with E-state index < -0.39 is 31.3 Å². The molecule has 0 heterocycles. The SMILES string of the molecule is CCNCCNS(=O)(=O)c1c(F)cccc1[N+](=O)[O-].Cl. The largest absolute Gasteiger partial charge is 0.316 e. The monoisotopic (exact) mass is 327 g/mol. The third-order valence-corrected chi connectivity index (χ3v) is 3.78. The molecule has 0 radical (unpaired) electrons. The van der Waals surface area contributed by atoms with Crippen molar-refractivity contribution < 1.29 is 17.7 Å². The summed E-state index contributed by atoms with van der Waals surface area (Å²) in [5.74, 6) is -1.15. The molecule has 7 nitrogen and oxygen atoms in total. The van der Waals surface area contributed by atoms with Crippen molar-refractivity contribution in [2.45, 2.75) is 11.8 Å². The van der Waals surface area contributed by atoms with Crippen molar-refractivity contribution in [2.75, 3.05) is 19.6 Å². The van der Waals surface area contributed by atoms with Gasteiger partial charge in [0.1, 0.15) is 5.82 Å². The summed E-state index contributed by atoms with van der Waals surface area (Å²) in [7, 11) is -4.25. The third-order valence-electron chi connectivity index (χ3n) is 2.26. The molecule has 1 aromatic carbocycles. The standard InChI is InChI=1S/C10H14FN3O4S.ClH/c1-2-12-6-7-13-19(17,18)10-8(11)4-3-5-9(10)14(15)16;/h3-5,12-13H,2,6-7H2,1H3;1H. The van der Waals surface area contributed by atoms with Crippen LogP contribution in [0.2, 0.25) is 0 Å². The maximum atomic E-state index is 13.5. The van der Waals surface area contributed by atoms with Crippen molar-refractivity contribution in [1.29, 1.82) is 0 Å². The van der Waals surface area contributed by atoms with E-state index in [2.05, 4.69) is 10.0 Å². The predicted octanol–water partition coefficient (Wildman–Crippen LogP) is 1.04. The Balaban J connectivity index is 0.00000361. The average Bonchev–Trinajstić information content (AvgIpc) is 2.34. The summed E-state index contributed by atoms with van der Waals surface area (Å²) in [6, 6.07) is 2.90. The number of halogens is 2. The van der Waals surface area contributed by atoms with E-state index in [1.807, 2.05) is 6.92 Å². The van der Waals surface area contributed by atoms with Crippen LogP contribution < -0.4 is 10.0 Å². The lowest BCUT2D eigenvalue weighted by molar-refractivity contribution is -0.388. The Morgan fingerprint density at radius 2 is 2.00 bits per heavy atom. The molecule has 2 N–H and O–H groups in total. The summed E-state index contributed by atoms with van der Waals surface area (Å²) >= 11 is 0. The molecule has 0 saturated heterocycles. The average molecular weight is 328 g/mol. The molecule has 0 atom stereocenters. The fourth-order valence-electron chi connectivity index (χ4n) is 1.43. The van der Waals surface area contributed by atoms with E-state index in [9.17, 15) is 22.9 Å². The highest BCUT2D eigenvalue weighted by Crippen LogP contribution is 2.25. The molecule has 0 spiro atoms. The first-order valence-electron chi connectivity index (χ1n) is 5.53. The highest BCUT2D eigenvalue weighted by molar-refractivity contribution is 7.89. The number of likely N-dealkylation sites (N-methyl/N-ethyl adjacent to an activating group) is 1. The molecule has 0 saturated carbocycles. The zero-order valence-corrected chi connectivity index (χ0v) is 12.3. The molecule has 0 fully saturated rings. The smallest absolute Gasteiger partial charge is 0.292 e. The van der Waals surface area contributed by atoms with Crippen molar-refractivity contribution in [3.63, 3.8) is 0 Å². The van der Waals surface area contributed by atoms with E-state index in [-0.39, 0.29) is 19.0 Å². The Morgan fingerprint density at radius 1 is 1.35 bits per heavy atom. The molecular formula is C10H15ClFN3O4S. The number of sulfonamides is 1. The van der Waals surface area contributed by atoms with Crippen molar-refractivity contribution in [3.8, 4) is 0 Å². The van der Waals surface area contributed by atoms with Crippen LogP contribution in [0.5, 0.6) is 0 Å². The number of nitrogens with zero attached hydrogens (tertiary/aromatic N) is 1. The van der Waals surface area contributed by atoms with Gasteiger partial charge in [0.05, 0.1) is 4.92 Å². The van der Waals surface area contributed by atoms with Gasteiger partial charge in [-0.05, 0) is 12.6 Å². The van der Waals surface area contributed by atoms with Gasteiger partial charge in [0, 0.05) is 19.2 Å². The molecule has 0 unspecified atom stereocenters. The fourth-order valence-corrected chi connectivity index (χ4v) is 2.69. The second kappa shape index (κ2) is 8.10. The van der Waals surface area contributed by atoms with Crippen LogP contribution in [-0.2, 0) is 10.0 Å². The third kappa shape index (κ3) is 4.67. The second-order valence-electron chi connectivity index (χ2n) is 3.60. The van der Waals surface area contributed by atoms with Gasteiger partial charge in [-0.2, -0.15) is 0 Å². The molecule has 0 aromatic heterocycles. The molecule has 1 aromatic rings. The van der Waals surface area contributed by atoms with Gasteiger partial charge in [0.25, 0.3) is 5.69 Å². The molecule has 0 aliphatic rings. The Labute approximate surface area is 122 Å². The van der Waals surface area contributed by atoms with Gasteiger partial charge < -0.3 is 5.32 Å². The van der Waals surface area contributed by atoms with E-state index in [1.54, 1.807) is 0 Å². The first kappa shape index (κ1) is 18.7. The minimum absolute atomic E-state index is 0. The number of hydrogen-bond acceptors (Lipinski definition) is 5. The molecule has 1 rings (SSSR count). The zero-order valence-electron chi connectivity index (χ0n) is 10.6. The van der Waals surface area contributed by atoms with Crippen LogP contribution in [0.4, 0.5) is 10.1 Å². The summed E-state index contributed by atoms with van der Waals surface area (Å²) in [5, 5.41) is 13.6. The number of rotatable bonds is 7. The van der Waals surface area contributed by atoms with Crippen molar-refractivity contribution in [3.05, 3.63) is 34.1 Å². The van der Waals surface area contributed by atoms with Gasteiger partial charge in [-0.25, -0.2) is 17.5 Å². The van der Waals surface area contributed by atoms with E-state index in [0.29, 0.717) is 13.1 Å². The number of benzene rings is 1. The summed E-state index contributed by atoms with van der Waals surface area (Å²) in [5.41, 5.74) is -0.782. The minimum atomic E-state index is -4.25. The second-order valence-corrected chi connectivity index (χ2v) is 5.30. The quantitative estimate of drug-likeness (QED) is 0.443. The number of nitrogens with one attached hydrogen (secondary N) is 2. The highest BCUT2D eigenvalue weighted by Gasteiger charge is 2.29. The van der Waals surface area contributed by atoms with Crippen molar-refractivity contribution in [2.24, 2.45) is 0 Å². The lowest BCUT2D eigenvalue weighted by atomic mass is 10.3. The first-order chi connectivity index (χ1) is 8.90. The summed E-state index contributed by atoms with van der Waals surface area (Å²) in [4.78, 5) is 8.87. The zero-order chi connectivity index (χ0) is 14.5. The first-order valence-corrected chi connectivity index (χ1v) is 7.01. The van der Waals surface area contributed by atoms with Crippen LogP contribution >= 0.6 is 12.4 Å². The molecular weight excluding hydrogens is 313 g/mol. The van der Waals surface area contributed by atoms with Crippen LogP contribution in [0.3, 0.4) is 0 Å². The predicted molar refractivity (Wildman–Crippen MR) is 74.0 cm³/mol. The normalized spacial score (nSPS) is 10.9. The molecule has 0 aliphatic heterocycles. The van der Waals surface area contributed by atoms with Crippen LogP contribution in [0, 0.1) is 15.9 Å². The fraction of sp³-hybridized carbons (Fsp3) is 0.400. The van der Waals surface area contributed by atoms with Crippen LogP contribution in [0.15, 0.2) is 23.1 Å². The molecule has 0 amide bonds. The topological polar surface area (TPSA) is 101 Å². The summed E-state index contributed by atoms with van der Waals surface area (Å²) in [6.45, 7) is 2.86. The van der Waals surface area contributed by atoms with Crippen LogP contribution in [0.1, 0.15) is 6.92 Å². The van der Waals surface area contributed by atoms with Gasteiger partial charge in [-0.15, -0.1) is 12.4 Å². The lowest BCUT2D eigenvalue weighted by Gasteiger charge is -2.08. The summed E-state index contributed by atoms with van der Waals surface area (Å²) < 4.78 is 39.4. The Bertz CT molecular complexity index is 568. The summed E-state index contributed by atoms with van der Waals surface area (Å²) in [6.07, 6.45) is 0. The Morgan fingerprint density at radius 3 is 2.55 bits per heavy atom.